The average Bonchev–Trinajstić information content (AvgIpc) is 2.75. The zero-order valence-corrected chi connectivity index (χ0v) is 13.0. The van der Waals surface area contributed by atoms with Gasteiger partial charge in [-0.25, -0.2) is 4.68 Å². The summed E-state index contributed by atoms with van der Waals surface area (Å²) >= 11 is 6.39. The second-order valence-electron chi connectivity index (χ2n) is 4.94. The summed E-state index contributed by atoms with van der Waals surface area (Å²) in [5.74, 6) is -0.464. The molecule has 1 unspecified atom stereocenters. The number of esters is 1. The van der Waals surface area contributed by atoms with Gasteiger partial charge in [-0.1, -0.05) is 29.3 Å². The average molecular weight is 308 g/mol. The molecule has 6 heteroatoms. The molecule has 0 aliphatic rings. The minimum absolute atomic E-state index is 0.295. The smallest absolute Gasteiger partial charge is 0.322 e. The number of nitrogens with two attached hydrogens (primary N) is 1. The molecule has 2 N–H and O–H groups in total. The standard InChI is InChI=1S/C15H18ClN3O2/c1-9-4-6-11(7-5-9)19-14(16)12(10(2)18-19)8-13(17)15(20)21-3/h4-7,13H,8,17H2,1-3H3. The van der Waals surface area contributed by atoms with Gasteiger partial charge in [-0.05, 0) is 26.0 Å². The van der Waals surface area contributed by atoms with E-state index in [4.69, 9.17) is 17.3 Å². The second kappa shape index (κ2) is 6.28. The summed E-state index contributed by atoms with van der Waals surface area (Å²) < 4.78 is 6.28. The van der Waals surface area contributed by atoms with Gasteiger partial charge < -0.3 is 10.5 Å². The van der Waals surface area contributed by atoms with Crippen LogP contribution in [0.1, 0.15) is 16.8 Å². The van der Waals surface area contributed by atoms with Crippen molar-refractivity contribution in [1.29, 1.82) is 0 Å². The van der Waals surface area contributed by atoms with Crippen molar-refractivity contribution in [3.8, 4) is 5.69 Å². The molecule has 0 bridgehead atoms. The van der Waals surface area contributed by atoms with Crippen molar-refractivity contribution in [2.24, 2.45) is 5.73 Å². The lowest BCUT2D eigenvalue weighted by atomic mass is 10.1. The van der Waals surface area contributed by atoms with Crippen LogP contribution in [-0.4, -0.2) is 28.9 Å². The number of methoxy groups -OCH3 is 1. The SMILES string of the molecule is COC(=O)C(N)Cc1c(C)nn(-c2ccc(C)cc2)c1Cl. The van der Waals surface area contributed by atoms with E-state index in [0.717, 1.165) is 22.5 Å². The molecule has 112 valence electrons. The van der Waals surface area contributed by atoms with E-state index in [1.807, 2.05) is 38.1 Å². The largest absolute Gasteiger partial charge is 0.468 e. The van der Waals surface area contributed by atoms with Crippen molar-refractivity contribution < 1.29 is 9.53 Å². The van der Waals surface area contributed by atoms with Crippen LogP contribution in [0.4, 0.5) is 0 Å². The third-order valence-electron chi connectivity index (χ3n) is 3.33. The maximum absolute atomic E-state index is 11.4. The molecule has 0 spiro atoms. The third kappa shape index (κ3) is 3.25. The van der Waals surface area contributed by atoms with E-state index in [-0.39, 0.29) is 0 Å². The molecule has 1 heterocycles. The van der Waals surface area contributed by atoms with Gasteiger partial charge in [0.15, 0.2) is 0 Å². The first kappa shape index (κ1) is 15.5. The summed E-state index contributed by atoms with van der Waals surface area (Å²) in [4.78, 5) is 11.4. The van der Waals surface area contributed by atoms with Crippen molar-refractivity contribution in [3.63, 3.8) is 0 Å². The highest BCUT2D eigenvalue weighted by Gasteiger charge is 2.21. The summed E-state index contributed by atoms with van der Waals surface area (Å²) in [6.07, 6.45) is 0.295. The van der Waals surface area contributed by atoms with E-state index in [9.17, 15) is 4.79 Å². The Morgan fingerprint density at radius 2 is 2.00 bits per heavy atom. The summed E-state index contributed by atoms with van der Waals surface area (Å²) in [6.45, 7) is 3.86. The van der Waals surface area contributed by atoms with Crippen LogP contribution >= 0.6 is 11.6 Å². The minimum Gasteiger partial charge on any atom is -0.468 e. The molecule has 0 fully saturated rings. The topological polar surface area (TPSA) is 70.1 Å². The predicted octanol–water partition coefficient (Wildman–Crippen LogP) is 2.19. The van der Waals surface area contributed by atoms with Crippen LogP contribution in [0.3, 0.4) is 0 Å². The Hall–Kier alpha value is -1.85. The Bertz CT molecular complexity index is 650. The van der Waals surface area contributed by atoms with Crippen molar-refractivity contribution in [2.75, 3.05) is 7.11 Å². The predicted molar refractivity (Wildman–Crippen MR) is 81.7 cm³/mol. The molecule has 1 aromatic heterocycles. The lowest BCUT2D eigenvalue weighted by Gasteiger charge is -2.09. The van der Waals surface area contributed by atoms with Gasteiger partial charge in [-0.3, -0.25) is 4.79 Å². The van der Waals surface area contributed by atoms with Crippen LogP contribution in [0, 0.1) is 13.8 Å². The highest BCUT2D eigenvalue weighted by Crippen LogP contribution is 2.24. The van der Waals surface area contributed by atoms with Gasteiger partial charge in [-0.15, -0.1) is 0 Å². The monoisotopic (exact) mass is 307 g/mol. The first-order valence-electron chi connectivity index (χ1n) is 6.58. The highest BCUT2D eigenvalue weighted by molar-refractivity contribution is 6.30. The number of nitrogens with zero attached hydrogens (tertiary/aromatic N) is 2. The molecule has 0 aliphatic carbocycles. The van der Waals surface area contributed by atoms with Gasteiger partial charge in [0.25, 0.3) is 0 Å². The van der Waals surface area contributed by atoms with Crippen LogP contribution in [0.15, 0.2) is 24.3 Å². The second-order valence-corrected chi connectivity index (χ2v) is 5.29. The molecule has 0 amide bonds. The summed E-state index contributed by atoms with van der Waals surface area (Å²) in [6, 6.07) is 7.11. The van der Waals surface area contributed by atoms with Gasteiger partial charge >= 0.3 is 5.97 Å². The van der Waals surface area contributed by atoms with Crippen molar-refractivity contribution in [2.45, 2.75) is 26.3 Å². The molecule has 21 heavy (non-hydrogen) atoms. The maximum Gasteiger partial charge on any atom is 0.322 e. The molecule has 2 aromatic rings. The number of aromatic nitrogens is 2. The molecule has 0 saturated carbocycles. The molecular weight excluding hydrogens is 290 g/mol. The van der Waals surface area contributed by atoms with Crippen molar-refractivity contribution in [3.05, 3.63) is 46.2 Å². The van der Waals surface area contributed by atoms with Gasteiger partial charge in [0.2, 0.25) is 0 Å². The van der Waals surface area contributed by atoms with Crippen molar-refractivity contribution >= 4 is 17.6 Å². The number of hydrogen-bond acceptors (Lipinski definition) is 4. The van der Waals surface area contributed by atoms with Crippen LogP contribution in [0.5, 0.6) is 0 Å². The number of ether oxygens (including phenoxy) is 1. The summed E-state index contributed by atoms with van der Waals surface area (Å²) in [5, 5.41) is 4.89. The molecule has 0 saturated heterocycles. The normalized spacial score (nSPS) is 12.2. The highest BCUT2D eigenvalue weighted by atomic mass is 35.5. The third-order valence-corrected chi connectivity index (χ3v) is 3.72. The molecule has 2 rings (SSSR count). The van der Waals surface area contributed by atoms with E-state index in [1.165, 1.54) is 7.11 Å². The van der Waals surface area contributed by atoms with E-state index >= 15 is 0 Å². The maximum atomic E-state index is 11.4. The van der Waals surface area contributed by atoms with Gasteiger partial charge in [0.1, 0.15) is 11.2 Å². The van der Waals surface area contributed by atoms with Crippen LogP contribution in [0.25, 0.3) is 5.69 Å². The van der Waals surface area contributed by atoms with Crippen LogP contribution in [0.2, 0.25) is 5.15 Å². The summed E-state index contributed by atoms with van der Waals surface area (Å²) in [7, 11) is 1.31. The van der Waals surface area contributed by atoms with Crippen LogP contribution < -0.4 is 5.73 Å². The lowest BCUT2D eigenvalue weighted by Crippen LogP contribution is -2.33. The van der Waals surface area contributed by atoms with Gasteiger partial charge in [-0.2, -0.15) is 5.10 Å². The molecule has 0 radical (unpaired) electrons. The number of hydrogen-bond donors (Lipinski definition) is 1. The Kier molecular flexibility index (Phi) is 4.65. The molecule has 5 nitrogen and oxygen atoms in total. The number of benzene rings is 1. The van der Waals surface area contributed by atoms with Gasteiger partial charge in [0.05, 0.1) is 18.5 Å². The molecule has 0 aliphatic heterocycles. The van der Waals surface area contributed by atoms with E-state index in [1.54, 1.807) is 4.68 Å². The number of halogens is 1. The quantitative estimate of drug-likeness (QED) is 0.879. The number of aryl methyl sites for hydroxylation is 2. The lowest BCUT2D eigenvalue weighted by molar-refractivity contribution is -0.142. The molecular formula is C15H18ClN3O2. The number of carbonyl (C=O) groups is 1. The summed E-state index contributed by atoms with van der Waals surface area (Å²) in [5.41, 5.74) is 9.33. The zero-order valence-electron chi connectivity index (χ0n) is 12.3. The van der Waals surface area contributed by atoms with E-state index < -0.39 is 12.0 Å². The fourth-order valence-corrected chi connectivity index (χ4v) is 2.42. The molecule has 1 aromatic carbocycles. The Labute approximate surface area is 128 Å². The number of rotatable bonds is 4. The molecule has 1 atom stereocenters. The Balaban J connectivity index is 2.33. The first-order valence-corrected chi connectivity index (χ1v) is 6.96. The first-order chi connectivity index (χ1) is 9.93. The van der Waals surface area contributed by atoms with Crippen LogP contribution in [-0.2, 0) is 16.0 Å². The number of carbonyl (C=O) groups excluding carboxylic acids is 1. The van der Waals surface area contributed by atoms with E-state index in [0.29, 0.717) is 11.6 Å². The fourth-order valence-electron chi connectivity index (χ4n) is 2.07. The Morgan fingerprint density at radius 1 is 1.38 bits per heavy atom. The zero-order chi connectivity index (χ0) is 15.6. The van der Waals surface area contributed by atoms with Gasteiger partial charge in [0, 0.05) is 12.0 Å². The van der Waals surface area contributed by atoms with Crippen molar-refractivity contribution in [1.82, 2.24) is 9.78 Å². The minimum atomic E-state index is -0.748. The fraction of sp³-hybridized carbons (Fsp3) is 0.333. The van der Waals surface area contributed by atoms with E-state index in [2.05, 4.69) is 9.84 Å². The Morgan fingerprint density at radius 3 is 2.57 bits per heavy atom.